The predicted octanol–water partition coefficient (Wildman–Crippen LogP) is 1.15. The van der Waals surface area contributed by atoms with Gasteiger partial charge in [0.1, 0.15) is 11.5 Å². The van der Waals surface area contributed by atoms with E-state index in [2.05, 4.69) is 4.74 Å². The van der Waals surface area contributed by atoms with Crippen molar-refractivity contribution in [3.8, 4) is 11.5 Å². The first kappa shape index (κ1) is 12.0. The molecule has 5 heteroatoms. The van der Waals surface area contributed by atoms with Gasteiger partial charge in [-0.25, -0.2) is 4.79 Å². The number of phenolic OH excluding ortho intramolecular Hbond substituents is 1. The fourth-order valence-corrected chi connectivity index (χ4v) is 1.11. The molecule has 0 saturated heterocycles. The number of ether oxygens (including phenoxy) is 2. The molecule has 0 atom stereocenters. The lowest BCUT2D eigenvalue weighted by molar-refractivity contribution is -0.142. The highest BCUT2D eigenvalue weighted by molar-refractivity contribution is 5.97. The molecule has 0 spiro atoms. The molecule has 0 radical (unpaired) electrons. The molecule has 86 valence electrons. The second-order valence-corrected chi connectivity index (χ2v) is 3.10. The summed E-state index contributed by atoms with van der Waals surface area (Å²) in [5.74, 6) is -0.579. The minimum Gasteiger partial charge on any atom is -0.508 e. The molecule has 0 unspecified atom stereocenters. The van der Waals surface area contributed by atoms with Gasteiger partial charge in [-0.3, -0.25) is 4.79 Å². The molecule has 16 heavy (non-hydrogen) atoms. The van der Waals surface area contributed by atoms with Crippen molar-refractivity contribution in [3.63, 3.8) is 0 Å². The van der Waals surface area contributed by atoms with Crippen LogP contribution >= 0.6 is 0 Å². The van der Waals surface area contributed by atoms with Crippen molar-refractivity contribution in [2.24, 2.45) is 0 Å². The zero-order chi connectivity index (χ0) is 12.1. The molecule has 0 amide bonds. The molecular formula is C11H12O5. The number of ketones is 1. The van der Waals surface area contributed by atoms with Crippen LogP contribution in [0.2, 0.25) is 0 Å². The Morgan fingerprint density at radius 2 is 2.06 bits per heavy atom. The summed E-state index contributed by atoms with van der Waals surface area (Å²) >= 11 is 0. The van der Waals surface area contributed by atoms with Gasteiger partial charge in [0.2, 0.25) is 0 Å². The Balaban J connectivity index is 2.87. The number of benzene rings is 1. The summed E-state index contributed by atoms with van der Waals surface area (Å²) in [6.07, 6.45) is 0. The highest BCUT2D eigenvalue weighted by Crippen LogP contribution is 2.23. The zero-order valence-corrected chi connectivity index (χ0v) is 9.02. The topological polar surface area (TPSA) is 72.8 Å². The van der Waals surface area contributed by atoms with Gasteiger partial charge in [0.05, 0.1) is 12.7 Å². The number of Topliss-reactive ketones (excluding diaryl/α,β-unsaturated/α-hetero) is 1. The van der Waals surface area contributed by atoms with E-state index in [4.69, 9.17) is 4.74 Å². The van der Waals surface area contributed by atoms with E-state index in [-0.39, 0.29) is 29.5 Å². The fraction of sp³-hybridized carbons (Fsp3) is 0.273. The summed E-state index contributed by atoms with van der Waals surface area (Å²) in [6, 6.07) is 4.09. The normalized spacial score (nSPS) is 9.62. The number of rotatable bonds is 4. The fourth-order valence-electron chi connectivity index (χ4n) is 1.11. The van der Waals surface area contributed by atoms with Crippen LogP contribution in [0.4, 0.5) is 0 Å². The predicted molar refractivity (Wildman–Crippen MR) is 55.6 cm³/mol. The van der Waals surface area contributed by atoms with Gasteiger partial charge in [0.25, 0.3) is 0 Å². The van der Waals surface area contributed by atoms with Gasteiger partial charge < -0.3 is 14.6 Å². The lowest BCUT2D eigenvalue weighted by Gasteiger charge is -2.08. The van der Waals surface area contributed by atoms with E-state index in [1.54, 1.807) is 0 Å². The van der Waals surface area contributed by atoms with Crippen molar-refractivity contribution in [2.75, 3.05) is 13.7 Å². The van der Waals surface area contributed by atoms with Crippen LogP contribution in [0, 0.1) is 0 Å². The molecule has 0 fully saturated rings. The number of esters is 1. The first-order chi connectivity index (χ1) is 7.54. The highest BCUT2D eigenvalue weighted by Gasteiger charge is 2.11. The summed E-state index contributed by atoms with van der Waals surface area (Å²) in [4.78, 5) is 22.1. The average molecular weight is 224 g/mol. The Hall–Kier alpha value is -2.04. The summed E-state index contributed by atoms with van der Waals surface area (Å²) in [6.45, 7) is 1.07. The maximum atomic E-state index is 11.2. The number of carbonyl (C=O) groups is 2. The van der Waals surface area contributed by atoms with Crippen LogP contribution in [0.5, 0.6) is 11.5 Å². The van der Waals surface area contributed by atoms with Crippen molar-refractivity contribution in [1.82, 2.24) is 0 Å². The largest absolute Gasteiger partial charge is 0.508 e. The third-order valence-corrected chi connectivity index (χ3v) is 1.92. The number of methoxy groups -OCH3 is 1. The van der Waals surface area contributed by atoms with Gasteiger partial charge in [0, 0.05) is 0 Å². The third kappa shape index (κ3) is 2.98. The molecule has 1 aromatic carbocycles. The number of hydrogen-bond acceptors (Lipinski definition) is 5. The van der Waals surface area contributed by atoms with Crippen LogP contribution in [0.25, 0.3) is 0 Å². The van der Waals surface area contributed by atoms with Gasteiger partial charge in [-0.1, -0.05) is 0 Å². The van der Waals surface area contributed by atoms with Crippen LogP contribution in [-0.2, 0) is 9.53 Å². The number of aromatic hydroxyl groups is 1. The SMILES string of the molecule is COC(=O)COc1ccc(O)cc1C(C)=O. The van der Waals surface area contributed by atoms with Gasteiger partial charge in [-0.2, -0.15) is 0 Å². The van der Waals surface area contributed by atoms with Crippen LogP contribution in [0.3, 0.4) is 0 Å². The number of carbonyl (C=O) groups excluding carboxylic acids is 2. The molecule has 1 rings (SSSR count). The van der Waals surface area contributed by atoms with E-state index >= 15 is 0 Å². The monoisotopic (exact) mass is 224 g/mol. The van der Waals surface area contributed by atoms with E-state index in [0.717, 1.165) is 0 Å². The lowest BCUT2D eigenvalue weighted by Crippen LogP contribution is -2.13. The van der Waals surface area contributed by atoms with E-state index in [1.807, 2.05) is 0 Å². The van der Waals surface area contributed by atoms with E-state index in [1.165, 1.54) is 32.2 Å². The molecule has 1 aromatic rings. The quantitative estimate of drug-likeness (QED) is 0.613. The minimum atomic E-state index is -0.539. The van der Waals surface area contributed by atoms with Crippen molar-refractivity contribution < 1.29 is 24.2 Å². The highest BCUT2D eigenvalue weighted by atomic mass is 16.6. The van der Waals surface area contributed by atoms with Gasteiger partial charge in [-0.15, -0.1) is 0 Å². The Morgan fingerprint density at radius 1 is 1.38 bits per heavy atom. The molecule has 0 saturated carbocycles. The van der Waals surface area contributed by atoms with E-state index in [9.17, 15) is 14.7 Å². The summed E-state index contributed by atoms with van der Waals surface area (Å²) < 4.78 is 9.50. The summed E-state index contributed by atoms with van der Waals surface area (Å²) in [7, 11) is 1.24. The Kier molecular flexibility index (Phi) is 3.88. The third-order valence-electron chi connectivity index (χ3n) is 1.92. The summed E-state index contributed by atoms with van der Waals surface area (Å²) in [5, 5.41) is 9.21. The van der Waals surface area contributed by atoms with E-state index in [0.29, 0.717) is 0 Å². The Morgan fingerprint density at radius 3 is 2.62 bits per heavy atom. The van der Waals surface area contributed by atoms with Crippen LogP contribution in [0.1, 0.15) is 17.3 Å². The molecule has 0 aromatic heterocycles. The molecule has 5 nitrogen and oxygen atoms in total. The zero-order valence-electron chi connectivity index (χ0n) is 9.02. The van der Waals surface area contributed by atoms with Crippen molar-refractivity contribution in [3.05, 3.63) is 23.8 Å². The maximum absolute atomic E-state index is 11.2. The Bertz CT molecular complexity index is 411. The second kappa shape index (κ2) is 5.16. The molecule has 1 N–H and O–H groups in total. The molecule has 0 bridgehead atoms. The maximum Gasteiger partial charge on any atom is 0.343 e. The molecule has 0 aliphatic heterocycles. The van der Waals surface area contributed by atoms with Crippen LogP contribution < -0.4 is 4.74 Å². The van der Waals surface area contributed by atoms with Crippen molar-refractivity contribution >= 4 is 11.8 Å². The number of phenols is 1. The molecule has 0 aliphatic carbocycles. The van der Waals surface area contributed by atoms with Gasteiger partial charge in [-0.05, 0) is 25.1 Å². The van der Waals surface area contributed by atoms with Crippen molar-refractivity contribution in [2.45, 2.75) is 6.92 Å². The average Bonchev–Trinajstić information content (AvgIpc) is 2.26. The standard InChI is InChI=1S/C11H12O5/c1-7(12)9-5-8(13)3-4-10(9)16-6-11(14)15-2/h3-5,13H,6H2,1-2H3. The Labute approximate surface area is 92.6 Å². The molecule has 0 aliphatic rings. The smallest absolute Gasteiger partial charge is 0.343 e. The van der Waals surface area contributed by atoms with Gasteiger partial charge >= 0.3 is 5.97 Å². The molecular weight excluding hydrogens is 212 g/mol. The van der Waals surface area contributed by atoms with Gasteiger partial charge in [0.15, 0.2) is 12.4 Å². The minimum absolute atomic E-state index is 0.0318. The van der Waals surface area contributed by atoms with Crippen LogP contribution in [-0.4, -0.2) is 30.6 Å². The molecule has 0 heterocycles. The summed E-state index contributed by atoms with van der Waals surface area (Å²) in [5.41, 5.74) is 0.226. The first-order valence-corrected chi connectivity index (χ1v) is 4.58. The van der Waals surface area contributed by atoms with Crippen LogP contribution in [0.15, 0.2) is 18.2 Å². The lowest BCUT2D eigenvalue weighted by atomic mass is 10.1. The first-order valence-electron chi connectivity index (χ1n) is 4.58. The van der Waals surface area contributed by atoms with Crippen molar-refractivity contribution in [1.29, 1.82) is 0 Å². The van der Waals surface area contributed by atoms with E-state index < -0.39 is 5.97 Å². The number of hydrogen-bond donors (Lipinski definition) is 1. The second-order valence-electron chi connectivity index (χ2n) is 3.10.